The van der Waals surface area contributed by atoms with E-state index in [2.05, 4.69) is 79.9 Å². The first-order chi connectivity index (χ1) is 43.1. The van der Waals surface area contributed by atoms with Crippen LogP contribution in [0.25, 0.3) is 0 Å². The summed E-state index contributed by atoms with van der Waals surface area (Å²) in [5, 5.41) is 87.4. The van der Waals surface area contributed by atoms with Crippen LogP contribution in [0.5, 0.6) is 0 Å². The Morgan fingerprint density at radius 1 is 0.420 bits per heavy atom. The molecule has 512 valence electrons. The SMILES string of the molecule is CC/C=C\C/C=C\C/C=C\C/C=C\CCCCCCCCCCC(=O)NC(COC1OC(CO)C(OC2OC(CO)C(O)C(O)C2O)C(O)C1O)C(O)/C=C/CC/C=C/CCCCCCCCCCCCCCCCCCCCCCCCCCCCC. The van der Waals surface area contributed by atoms with E-state index in [1.165, 1.54) is 193 Å². The van der Waals surface area contributed by atoms with Gasteiger partial charge in [0, 0.05) is 6.42 Å². The lowest BCUT2D eigenvalue weighted by molar-refractivity contribution is -0.359. The molecule has 0 aromatic heterocycles. The number of carbonyl (C=O) groups excluding carboxylic acids is 1. The number of aliphatic hydroxyl groups is 8. The van der Waals surface area contributed by atoms with Gasteiger partial charge in [-0.1, -0.05) is 292 Å². The fraction of sp³-hybridized carbons (Fsp3) is 0.824. The van der Waals surface area contributed by atoms with E-state index in [1.54, 1.807) is 6.08 Å². The Morgan fingerprint density at radius 3 is 1.25 bits per heavy atom. The number of hydrogen-bond donors (Lipinski definition) is 9. The largest absolute Gasteiger partial charge is 0.394 e. The van der Waals surface area contributed by atoms with Crippen molar-refractivity contribution in [3.05, 3.63) is 72.9 Å². The van der Waals surface area contributed by atoms with Crippen LogP contribution in [0.15, 0.2) is 72.9 Å². The summed E-state index contributed by atoms with van der Waals surface area (Å²) >= 11 is 0. The van der Waals surface area contributed by atoms with Gasteiger partial charge in [-0.2, -0.15) is 0 Å². The third-order valence-corrected chi connectivity index (χ3v) is 17.4. The van der Waals surface area contributed by atoms with Crippen LogP contribution in [0, 0.1) is 0 Å². The second-order valence-corrected chi connectivity index (χ2v) is 25.3. The minimum absolute atomic E-state index is 0.257. The van der Waals surface area contributed by atoms with Crippen molar-refractivity contribution < 1.29 is 64.6 Å². The van der Waals surface area contributed by atoms with E-state index in [1.807, 2.05) is 6.08 Å². The molecule has 0 aromatic carbocycles. The Labute approximate surface area is 536 Å². The van der Waals surface area contributed by atoms with Gasteiger partial charge in [0.1, 0.15) is 48.8 Å². The molecule has 2 rings (SSSR count). The Bertz CT molecular complexity index is 1750. The summed E-state index contributed by atoms with van der Waals surface area (Å²) < 4.78 is 22.8. The molecule has 12 atom stereocenters. The maximum absolute atomic E-state index is 13.3. The zero-order valence-corrected chi connectivity index (χ0v) is 55.7. The molecule has 2 aliphatic rings. The summed E-state index contributed by atoms with van der Waals surface area (Å²) in [6, 6.07) is -0.942. The molecule has 12 unspecified atom stereocenters. The average Bonchev–Trinajstić information content (AvgIpc) is 2.01. The van der Waals surface area contributed by atoms with Crippen LogP contribution in [-0.4, -0.2) is 140 Å². The molecule has 14 heteroatoms. The average molecular weight is 1240 g/mol. The van der Waals surface area contributed by atoms with Crippen LogP contribution < -0.4 is 5.32 Å². The van der Waals surface area contributed by atoms with Crippen LogP contribution in [0.2, 0.25) is 0 Å². The van der Waals surface area contributed by atoms with Gasteiger partial charge in [-0.05, 0) is 70.6 Å². The van der Waals surface area contributed by atoms with E-state index in [9.17, 15) is 45.6 Å². The molecule has 0 spiro atoms. The molecule has 88 heavy (non-hydrogen) atoms. The predicted molar refractivity (Wildman–Crippen MR) is 360 cm³/mol. The third kappa shape index (κ3) is 41.8. The molecule has 0 radical (unpaired) electrons. The Balaban J connectivity index is 1.67. The zero-order valence-electron chi connectivity index (χ0n) is 55.7. The van der Waals surface area contributed by atoms with Gasteiger partial charge in [-0.15, -0.1) is 0 Å². The van der Waals surface area contributed by atoms with Crippen molar-refractivity contribution in [2.75, 3.05) is 19.8 Å². The first kappa shape index (κ1) is 81.5. The van der Waals surface area contributed by atoms with Gasteiger partial charge < -0.3 is 65.1 Å². The van der Waals surface area contributed by atoms with Crippen molar-refractivity contribution in [2.45, 2.75) is 370 Å². The van der Waals surface area contributed by atoms with Gasteiger partial charge in [0.05, 0.1) is 32.0 Å². The van der Waals surface area contributed by atoms with Crippen LogP contribution in [0.3, 0.4) is 0 Å². The molecule has 0 saturated carbocycles. The normalized spacial score (nSPS) is 23.6. The minimum atomic E-state index is -1.80. The lowest BCUT2D eigenvalue weighted by Crippen LogP contribution is -2.65. The Hall–Kier alpha value is -2.57. The lowest BCUT2D eigenvalue weighted by atomic mass is 9.97. The number of carbonyl (C=O) groups is 1. The second-order valence-electron chi connectivity index (χ2n) is 25.3. The Morgan fingerprint density at radius 2 is 0.795 bits per heavy atom. The highest BCUT2D eigenvalue weighted by molar-refractivity contribution is 5.76. The van der Waals surface area contributed by atoms with Crippen molar-refractivity contribution in [1.82, 2.24) is 5.32 Å². The zero-order chi connectivity index (χ0) is 63.8. The molecule has 2 aliphatic heterocycles. The number of ether oxygens (including phenoxy) is 4. The molecule has 2 saturated heterocycles. The predicted octanol–water partition coefficient (Wildman–Crippen LogP) is 15.0. The molecular weight excluding hydrogens is 1110 g/mol. The fourth-order valence-electron chi connectivity index (χ4n) is 11.7. The Kier molecular flexibility index (Phi) is 54.0. The maximum Gasteiger partial charge on any atom is 0.220 e. The topological polar surface area (TPSA) is 228 Å². The van der Waals surface area contributed by atoms with Crippen LogP contribution in [0.4, 0.5) is 0 Å². The first-order valence-corrected chi connectivity index (χ1v) is 36.2. The number of rotatable bonds is 59. The third-order valence-electron chi connectivity index (χ3n) is 17.4. The van der Waals surface area contributed by atoms with Crippen molar-refractivity contribution >= 4 is 5.91 Å². The van der Waals surface area contributed by atoms with E-state index in [-0.39, 0.29) is 18.9 Å². The number of allylic oxidation sites excluding steroid dienone is 11. The fourth-order valence-corrected chi connectivity index (χ4v) is 11.7. The van der Waals surface area contributed by atoms with Gasteiger partial charge in [0.25, 0.3) is 0 Å². The highest BCUT2D eigenvalue weighted by atomic mass is 16.7. The number of hydrogen-bond acceptors (Lipinski definition) is 13. The number of unbranched alkanes of at least 4 members (excludes halogenated alkanes) is 36. The molecule has 0 aromatic rings. The van der Waals surface area contributed by atoms with Gasteiger partial charge >= 0.3 is 0 Å². The standard InChI is InChI=1S/C74H133NO13/c1-3-5-7-9-11-13-15-17-19-21-23-25-26-27-28-29-30-31-32-33-34-35-36-38-39-41-43-45-47-49-51-53-55-57-63(78)62(61-85-73-71(84)69(82)72(65(60-77)87-73)88-74-70(83)68(81)67(80)64(59-76)86-74)75-66(79)58-56-54-52-50-48-46-44-42-40-37-24-22-20-18-16-14-12-10-8-6-4-2/h6,8,12,14,18,20,24,37,47,49,55,57,62-65,67-74,76-78,80-84H,3-5,7,9-11,13,15-17,19,21-23,25-36,38-46,48,50-54,56,58-61H2,1-2H3,(H,75,79)/b8-6-,14-12-,20-18-,37-24-,49-47+,57-55+. The molecule has 0 bridgehead atoms. The van der Waals surface area contributed by atoms with Gasteiger partial charge in [0.15, 0.2) is 12.6 Å². The van der Waals surface area contributed by atoms with Gasteiger partial charge in [0.2, 0.25) is 5.91 Å². The van der Waals surface area contributed by atoms with E-state index in [0.717, 1.165) is 70.6 Å². The first-order valence-electron chi connectivity index (χ1n) is 36.2. The highest BCUT2D eigenvalue weighted by Gasteiger charge is 2.51. The van der Waals surface area contributed by atoms with Crippen LogP contribution >= 0.6 is 0 Å². The van der Waals surface area contributed by atoms with Crippen LogP contribution in [0.1, 0.15) is 296 Å². The van der Waals surface area contributed by atoms with Crippen molar-refractivity contribution in [1.29, 1.82) is 0 Å². The van der Waals surface area contributed by atoms with Gasteiger partial charge in [-0.25, -0.2) is 0 Å². The second kappa shape index (κ2) is 58.3. The minimum Gasteiger partial charge on any atom is -0.394 e. The van der Waals surface area contributed by atoms with E-state index in [0.29, 0.717) is 12.8 Å². The molecule has 2 heterocycles. The quantitative estimate of drug-likeness (QED) is 0.0204. The molecular formula is C74H133NO13. The van der Waals surface area contributed by atoms with Crippen molar-refractivity contribution in [2.24, 2.45) is 0 Å². The molecule has 14 nitrogen and oxygen atoms in total. The van der Waals surface area contributed by atoms with Crippen molar-refractivity contribution in [3.63, 3.8) is 0 Å². The maximum atomic E-state index is 13.3. The molecule has 2 fully saturated rings. The summed E-state index contributed by atoms with van der Waals surface area (Å²) in [6.07, 6.45) is 62.6. The van der Waals surface area contributed by atoms with E-state index < -0.39 is 86.8 Å². The summed E-state index contributed by atoms with van der Waals surface area (Å²) in [6.45, 7) is 2.69. The van der Waals surface area contributed by atoms with E-state index in [4.69, 9.17) is 18.9 Å². The monoisotopic (exact) mass is 1240 g/mol. The molecule has 1 amide bonds. The van der Waals surface area contributed by atoms with E-state index >= 15 is 0 Å². The summed E-state index contributed by atoms with van der Waals surface area (Å²) in [5.41, 5.74) is 0. The van der Waals surface area contributed by atoms with Crippen LogP contribution in [-0.2, 0) is 23.7 Å². The smallest absolute Gasteiger partial charge is 0.220 e. The summed E-state index contributed by atoms with van der Waals surface area (Å²) in [7, 11) is 0. The number of nitrogens with one attached hydrogen (secondary N) is 1. The number of amides is 1. The molecule has 0 aliphatic carbocycles. The summed E-state index contributed by atoms with van der Waals surface area (Å²) in [4.78, 5) is 13.3. The number of aliphatic hydroxyl groups excluding tert-OH is 8. The summed E-state index contributed by atoms with van der Waals surface area (Å²) in [5.74, 6) is -0.257. The van der Waals surface area contributed by atoms with Gasteiger partial charge in [-0.3, -0.25) is 4.79 Å². The molecule has 9 N–H and O–H groups in total. The lowest BCUT2D eigenvalue weighted by Gasteiger charge is -2.46. The van der Waals surface area contributed by atoms with Crippen molar-refractivity contribution in [3.8, 4) is 0 Å². The highest BCUT2D eigenvalue weighted by Crippen LogP contribution is 2.30.